The number of rotatable bonds is 6. The van der Waals surface area contributed by atoms with Gasteiger partial charge in [-0.05, 0) is 44.0 Å². The molecule has 9 nitrogen and oxygen atoms in total. The molecule has 40 heavy (non-hydrogen) atoms. The smallest absolute Gasteiger partial charge is 0.265 e. The minimum Gasteiger partial charge on any atom is -0.473 e. The van der Waals surface area contributed by atoms with Crippen molar-refractivity contribution in [2.45, 2.75) is 32.9 Å². The molecule has 202 valence electrons. The van der Waals surface area contributed by atoms with Crippen LogP contribution in [0, 0.1) is 5.82 Å². The van der Waals surface area contributed by atoms with Crippen LogP contribution in [0.4, 0.5) is 10.2 Å². The minimum absolute atomic E-state index is 0.101. The quantitative estimate of drug-likeness (QED) is 0.259. The highest BCUT2D eigenvalue weighted by atomic mass is 35.5. The summed E-state index contributed by atoms with van der Waals surface area (Å²) in [7, 11) is 0. The van der Waals surface area contributed by atoms with Gasteiger partial charge in [0, 0.05) is 17.1 Å². The zero-order valence-corrected chi connectivity index (χ0v) is 23.2. The van der Waals surface area contributed by atoms with Gasteiger partial charge >= 0.3 is 0 Å². The molecule has 0 aliphatic rings. The third-order valence-electron chi connectivity index (χ3n) is 6.52. The molecular weight excluding hydrogens is 553 g/mol. The Labute approximate surface area is 236 Å². The van der Waals surface area contributed by atoms with Gasteiger partial charge in [-0.1, -0.05) is 41.9 Å². The molecule has 0 unspecified atom stereocenters. The summed E-state index contributed by atoms with van der Waals surface area (Å²) in [5, 5.41) is 7.35. The van der Waals surface area contributed by atoms with Gasteiger partial charge in [0.25, 0.3) is 11.4 Å². The van der Waals surface area contributed by atoms with Gasteiger partial charge in [0.1, 0.15) is 27.8 Å². The van der Waals surface area contributed by atoms with E-state index in [0.29, 0.717) is 43.4 Å². The van der Waals surface area contributed by atoms with Crippen molar-refractivity contribution in [3.8, 4) is 28.3 Å². The summed E-state index contributed by atoms with van der Waals surface area (Å²) in [6.45, 7) is 5.50. The number of nitrogens with zero attached hydrogens (tertiary/aromatic N) is 6. The summed E-state index contributed by atoms with van der Waals surface area (Å²) >= 11 is 7.75. The van der Waals surface area contributed by atoms with Crippen LogP contribution >= 0.6 is 22.9 Å². The van der Waals surface area contributed by atoms with E-state index in [2.05, 4.69) is 15.0 Å². The summed E-state index contributed by atoms with van der Waals surface area (Å²) in [5.41, 5.74) is 9.17. The third-order valence-corrected chi connectivity index (χ3v) is 7.81. The molecule has 12 heteroatoms. The van der Waals surface area contributed by atoms with Crippen molar-refractivity contribution < 1.29 is 9.13 Å². The first-order valence-corrected chi connectivity index (χ1v) is 13.7. The van der Waals surface area contributed by atoms with Crippen molar-refractivity contribution in [3.05, 3.63) is 87.3 Å². The fourth-order valence-corrected chi connectivity index (χ4v) is 5.90. The SMILES string of the molecule is CC(C)Oc1ncc(-c2nn([C@@H](C)c3cc4scc(Cl)n4c(=O)c3-c3ccccc3)c3ncnc(N)c23)cc1F. The Morgan fingerprint density at radius 2 is 1.85 bits per heavy atom. The summed E-state index contributed by atoms with van der Waals surface area (Å²) in [4.78, 5) is 27.3. The highest BCUT2D eigenvalue weighted by Crippen LogP contribution is 2.37. The van der Waals surface area contributed by atoms with Crippen molar-refractivity contribution in [1.29, 1.82) is 0 Å². The zero-order chi connectivity index (χ0) is 28.1. The van der Waals surface area contributed by atoms with Crippen LogP contribution < -0.4 is 16.0 Å². The zero-order valence-electron chi connectivity index (χ0n) is 21.7. The van der Waals surface area contributed by atoms with Crippen LogP contribution in [0.5, 0.6) is 5.88 Å². The second-order valence-corrected chi connectivity index (χ2v) is 10.8. The molecule has 0 amide bonds. The van der Waals surface area contributed by atoms with E-state index in [-0.39, 0.29) is 23.4 Å². The Hall–Kier alpha value is -4.35. The van der Waals surface area contributed by atoms with Gasteiger partial charge in [-0.25, -0.2) is 24.0 Å². The molecule has 0 aliphatic carbocycles. The number of anilines is 1. The second-order valence-electron chi connectivity index (χ2n) is 9.48. The minimum atomic E-state index is -0.628. The van der Waals surface area contributed by atoms with Crippen LogP contribution in [0.3, 0.4) is 0 Å². The van der Waals surface area contributed by atoms with Gasteiger partial charge in [-0.3, -0.25) is 9.20 Å². The van der Waals surface area contributed by atoms with Crippen LogP contribution in [0.15, 0.2) is 65.2 Å². The number of benzene rings is 1. The van der Waals surface area contributed by atoms with Crippen molar-refractivity contribution in [1.82, 2.24) is 29.1 Å². The maximum atomic E-state index is 14.9. The van der Waals surface area contributed by atoms with Crippen LogP contribution in [0.2, 0.25) is 5.15 Å². The first-order valence-electron chi connectivity index (χ1n) is 12.4. The molecule has 0 radical (unpaired) electrons. The monoisotopic (exact) mass is 575 g/mol. The van der Waals surface area contributed by atoms with Gasteiger partial charge in [-0.15, -0.1) is 11.3 Å². The lowest BCUT2D eigenvalue weighted by molar-refractivity contribution is 0.221. The number of hydrogen-bond donors (Lipinski definition) is 1. The van der Waals surface area contributed by atoms with Gasteiger partial charge in [0.05, 0.1) is 23.1 Å². The first-order chi connectivity index (χ1) is 19.2. The Morgan fingerprint density at radius 1 is 1.07 bits per heavy atom. The molecule has 5 aromatic heterocycles. The number of hydrogen-bond acceptors (Lipinski definition) is 8. The molecule has 0 bridgehead atoms. The fraction of sp³-hybridized carbons (Fsp3) is 0.179. The van der Waals surface area contributed by atoms with E-state index >= 15 is 0 Å². The third kappa shape index (κ3) is 4.27. The highest BCUT2D eigenvalue weighted by Gasteiger charge is 2.26. The van der Waals surface area contributed by atoms with E-state index in [0.717, 1.165) is 5.56 Å². The Balaban J connectivity index is 1.58. The van der Waals surface area contributed by atoms with E-state index in [1.165, 1.54) is 34.3 Å². The summed E-state index contributed by atoms with van der Waals surface area (Å²) in [5.74, 6) is -0.544. The Kier molecular flexibility index (Phi) is 6.47. The lowest BCUT2D eigenvalue weighted by Crippen LogP contribution is -2.20. The van der Waals surface area contributed by atoms with Crippen molar-refractivity contribution in [2.75, 3.05) is 5.73 Å². The van der Waals surface area contributed by atoms with Crippen LogP contribution in [0.25, 0.3) is 38.2 Å². The predicted octanol–water partition coefficient (Wildman–Crippen LogP) is 6.00. The molecular formula is C28H23ClFN7O2S. The average molecular weight is 576 g/mol. The Bertz CT molecular complexity index is 1950. The number of nitrogen functional groups attached to an aromatic ring is 1. The highest BCUT2D eigenvalue weighted by molar-refractivity contribution is 7.16. The average Bonchev–Trinajstić information content (AvgIpc) is 3.51. The maximum absolute atomic E-state index is 14.9. The predicted molar refractivity (Wildman–Crippen MR) is 154 cm³/mol. The lowest BCUT2D eigenvalue weighted by Gasteiger charge is -2.18. The van der Waals surface area contributed by atoms with Gasteiger partial charge < -0.3 is 10.5 Å². The molecule has 0 fully saturated rings. The van der Waals surface area contributed by atoms with Gasteiger partial charge in [-0.2, -0.15) is 5.10 Å². The first kappa shape index (κ1) is 25.9. The number of ether oxygens (including phenoxy) is 1. The van der Waals surface area contributed by atoms with Crippen molar-refractivity contribution >= 4 is 44.6 Å². The van der Waals surface area contributed by atoms with E-state index in [1.807, 2.05) is 43.3 Å². The molecule has 0 aliphatic heterocycles. The molecule has 0 saturated carbocycles. The number of pyridine rings is 2. The maximum Gasteiger partial charge on any atom is 0.265 e. The molecule has 6 aromatic rings. The van der Waals surface area contributed by atoms with Gasteiger partial charge in [0.2, 0.25) is 0 Å². The number of halogens is 2. The second kappa shape index (κ2) is 10.00. The normalized spacial score (nSPS) is 12.4. The topological polar surface area (TPSA) is 113 Å². The summed E-state index contributed by atoms with van der Waals surface area (Å²) < 4.78 is 23.5. The van der Waals surface area contributed by atoms with Crippen molar-refractivity contribution in [3.63, 3.8) is 0 Å². The number of aromatic nitrogens is 6. The van der Waals surface area contributed by atoms with E-state index in [4.69, 9.17) is 27.2 Å². The van der Waals surface area contributed by atoms with Gasteiger partial charge in [0.15, 0.2) is 11.5 Å². The molecule has 2 N–H and O–H groups in total. The van der Waals surface area contributed by atoms with E-state index in [9.17, 15) is 9.18 Å². The molecule has 5 heterocycles. The summed E-state index contributed by atoms with van der Waals surface area (Å²) in [6, 6.07) is 12.1. The molecule has 6 rings (SSSR count). The summed E-state index contributed by atoms with van der Waals surface area (Å²) in [6.07, 6.45) is 2.59. The van der Waals surface area contributed by atoms with Crippen LogP contribution in [-0.2, 0) is 0 Å². The molecule has 0 spiro atoms. The Morgan fingerprint density at radius 3 is 2.58 bits per heavy atom. The largest absolute Gasteiger partial charge is 0.473 e. The van der Waals surface area contributed by atoms with Crippen LogP contribution in [-0.4, -0.2) is 35.2 Å². The lowest BCUT2D eigenvalue weighted by atomic mass is 9.97. The molecule has 1 aromatic carbocycles. The van der Waals surface area contributed by atoms with Crippen LogP contribution in [0.1, 0.15) is 32.4 Å². The van der Waals surface area contributed by atoms with E-state index in [1.54, 1.807) is 23.9 Å². The van der Waals surface area contributed by atoms with Crippen molar-refractivity contribution in [2.24, 2.45) is 0 Å². The molecule has 1 atom stereocenters. The number of thiazole rings is 1. The number of fused-ring (bicyclic) bond motifs is 2. The molecule has 0 saturated heterocycles. The fourth-order valence-electron chi connectivity index (χ4n) is 4.74. The van der Waals surface area contributed by atoms with E-state index < -0.39 is 11.9 Å². The standard InChI is InChI=1S/C28H23ClFN7O2S/c1-14(2)39-27-19(30)9-17(11-32-27)24-23-25(31)33-13-34-26(23)37(35-24)15(3)18-10-21-36(20(29)12-40-21)28(38)22(18)16-7-5-4-6-8-16/h4-15H,1-3H3,(H2,31,33,34)/t15-/m0/s1. The number of nitrogens with two attached hydrogens (primary N) is 1.